The van der Waals surface area contributed by atoms with E-state index in [1.54, 1.807) is 78.9 Å². The number of amides is 1. The lowest BCUT2D eigenvalue weighted by atomic mass is 10.1. The topological polar surface area (TPSA) is 66.5 Å². The summed E-state index contributed by atoms with van der Waals surface area (Å²) in [6, 6.07) is 27.4. The van der Waals surface area contributed by atoms with Crippen LogP contribution in [0.4, 0.5) is 5.69 Å². The Hall–Kier alpha value is -3.32. The molecule has 0 bridgehead atoms. The molecule has 0 aliphatic carbocycles. The Labute approximate surface area is 221 Å². The van der Waals surface area contributed by atoms with Gasteiger partial charge in [-0.05, 0) is 60.5 Å². The number of rotatable bonds is 8. The van der Waals surface area contributed by atoms with Crippen molar-refractivity contribution in [2.45, 2.75) is 24.9 Å². The molecule has 0 aromatic heterocycles. The van der Waals surface area contributed by atoms with Gasteiger partial charge in [-0.2, -0.15) is 0 Å². The fourth-order valence-electron chi connectivity index (χ4n) is 3.69. The predicted molar refractivity (Wildman–Crippen MR) is 145 cm³/mol. The number of carbonyl (C=O) groups excluding carboxylic acids is 1. The van der Waals surface area contributed by atoms with E-state index in [2.05, 4.69) is 5.32 Å². The molecule has 0 saturated carbocycles. The lowest BCUT2D eigenvalue weighted by molar-refractivity contribution is 0.0951. The van der Waals surface area contributed by atoms with Crippen molar-refractivity contribution in [2.75, 3.05) is 4.31 Å². The maximum absolute atomic E-state index is 13.9. The highest BCUT2D eigenvalue weighted by molar-refractivity contribution is 7.92. The van der Waals surface area contributed by atoms with E-state index in [1.807, 2.05) is 25.1 Å². The largest absolute Gasteiger partial charge is 0.348 e. The number of para-hydroxylation sites is 1. The van der Waals surface area contributed by atoms with E-state index in [1.165, 1.54) is 4.31 Å². The Morgan fingerprint density at radius 1 is 0.833 bits per heavy atom. The molecule has 8 heteroatoms. The molecule has 0 aliphatic heterocycles. The highest BCUT2D eigenvalue weighted by atomic mass is 35.5. The van der Waals surface area contributed by atoms with Crippen LogP contribution in [-0.2, 0) is 23.1 Å². The molecule has 4 aromatic rings. The van der Waals surface area contributed by atoms with E-state index in [0.717, 1.165) is 16.7 Å². The molecule has 0 radical (unpaired) electrons. The van der Waals surface area contributed by atoms with Crippen molar-refractivity contribution in [2.24, 2.45) is 0 Å². The second-order valence-electron chi connectivity index (χ2n) is 8.24. The van der Waals surface area contributed by atoms with Crippen molar-refractivity contribution in [3.05, 3.63) is 129 Å². The standard InChI is InChI=1S/C28H24Cl2N2O3S/c1-20-10-16-24(17-11-20)36(34,35)32(19-21-12-14-23(29)15-13-21)27-9-5-3-7-25(27)28(33)31-18-22-6-2-4-8-26(22)30/h2-17H,18-19H2,1H3,(H,31,33). The van der Waals surface area contributed by atoms with Gasteiger partial charge in [-0.15, -0.1) is 0 Å². The van der Waals surface area contributed by atoms with Crippen LogP contribution in [0, 0.1) is 6.92 Å². The first-order valence-electron chi connectivity index (χ1n) is 11.2. The maximum Gasteiger partial charge on any atom is 0.264 e. The van der Waals surface area contributed by atoms with Crippen LogP contribution in [0.5, 0.6) is 0 Å². The number of aryl methyl sites for hydroxylation is 1. The second-order valence-corrected chi connectivity index (χ2v) is 10.9. The zero-order valence-corrected chi connectivity index (χ0v) is 21.8. The fourth-order valence-corrected chi connectivity index (χ4v) is 5.49. The zero-order chi connectivity index (χ0) is 25.7. The molecular weight excluding hydrogens is 515 g/mol. The van der Waals surface area contributed by atoms with Crippen molar-refractivity contribution in [3.8, 4) is 0 Å². The van der Waals surface area contributed by atoms with E-state index in [9.17, 15) is 13.2 Å². The molecule has 4 aromatic carbocycles. The Morgan fingerprint density at radius 2 is 1.47 bits per heavy atom. The summed E-state index contributed by atoms with van der Waals surface area (Å²) < 4.78 is 29.0. The minimum absolute atomic E-state index is 0.0161. The first kappa shape index (κ1) is 25.8. The molecule has 0 atom stereocenters. The number of sulfonamides is 1. The Morgan fingerprint density at radius 3 is 2.17 bits per heavy atom. The lowest BCUT2D eigenvalue weighted by Crippen LogP contribution is -2.33. The van der Waals surface area contributed by atoms with E-state index in [-0.39, 0.29) is 29.2 Å². The third kappa shape index (κ3) is 5.90. The normalized spacial score (nSPS) is 11.2. The number of halogens is 2. The molecule has 0 aliphatic rings. The van der Waals surface area contributed by atoms with Gasteiger partial charge in [-0.1, -0.05) is 83.4 Å². The molecule has 0 spiro atoms. The molecule has 5 nitrogen and oxygen atoms in total. The smallest absolute Gasteiger partial charge is 0.264 e. The maximum atomic E-state index is 13.9. The van der Waals surface area contributed by atoms with E-state index in [4.69, 9.17) is 23.2 Å². The summed E-state index contributed by atoms with van der Waals surface area (Å²) in [6.07, 6.45) is 0. The van der Waals surface area contributed by atoms with Crippen LogP contribution >= 0.6 is 23.2 Å². The van der Waals surface area contributed by atoms with E-state index in [0.29, 0.717) is 10.0 Å². The van der Waals surface area contributed by atoms with Gasteiger partial charge in [0.2, 0.25) is 0 Å². The number of nitrogens with one attached hydrogen (secondary N) is 1. The van der Waals surface area contributed by atoms with Crippen molar-refractivity contribution >= 4 is 44.8 Å². The molecule has 1 N–H and O–H groups in total. The predicted octanol–water partition coefficient (Wildman–Crippen LogP) is 6.63. The molecule has 1 amide bonds. The van der Waals surface area contributed by atoms with Crippen molar-refractivity contribution in [3.63, 3.8) is 0 Å². The van der Waals surface area contributed by atoms with Gasteiger partial charge in [0.05, 0.1) is 22.7 Å². The van der Waals surface area contributed by atoms with Gasteiger partial charge < -0.3 is 5.32 Å². The van der Waals surface area contributed by atoms with Gasteiger partial charge in [-0.25, -0.2) is 8.42 Å². The SMILES string of the molecule is Cc1ccc(S(=O)(=O)N(Cc2ccc(Cl)cc2)c2ccccc2C(=O)NCc2ccccc2Cl)cc1. The molecule has 0 unspecified atom stereocenters. The molecule has 0 fully saturated rings. The number of hydrogen-bond acceptors (Lipinski definition) is 3. The first-order valence-corrected chi connectivity index (χ1v) is 13.4. The Kier molecular flexibility index (Phi) is 7.99. The Balaban J connectivity index is 1.73. The molecular formula is C28H24Cl2N2O3S. The van der Waals surface area contributed by atoms with E-state index >= 15 is 0 Å². The van der Waals surface area contributed by atoms with Gasteiger partial charge in [0.15, 0.2) is 0 Å². The third-order valence-corrected chi connectivity index (χ3v) is 8.06. The quantitative estimate of drug-likeness (QED) is 0.274. The van der Waals surface area contributed by atoms with Crippen LogP contribution in [0.2, 0.25) is 10.0 Å². The number of anilines is 1. The van der Waals surface area contributed by atoms with E-state index < -0.39 is 15.9 Å². The van der Waals surface area contributed by atoms with Crippen molar-refractivity contribution in [1.82, 2.24) is 5.32 Å². The van der Waals surface area contributed by atoms with Crippen LogP contribution in [0.15, 0.2) is 102 Å². The van der Waals surface area contributed by atoms with Gasteiger partial charge in [0, 0.05) is 16.6 Å². The summed E-state index contributed by atoms with van der Waals surface area (Å²) in [6.45, 7) is 2.11. The highest BCUT2D eigenvalue weighted by Gasteiger charge is 2.28. The summed E-state index contributed by atoms with van der Waals surface area (Å²) in [5, 5.41) is 3.95. The monoisotopic (exact) mass is 538 g/mol. The number of nitrogens with zero attached hydrogens (tertiary/aromatic N) is 1. The molecule has 36 heavy (non-hydrogen) atoms. The first-order chi connectivity index (χ1) is 17.3. The minimum Gasteiger partial charge on any atom is -0.348 e. The molecule has 184 valence electrons. The van der Waals surface area contributed by atoms with Crippen LogP contribution in [0.3, 0.4) is 0 Å². The average molecular weight is 539 g/mol. The van der Waals surface area contributed by atoms with Gasteiger partial charge in [0.1, 0.15) is 0 Å². The summed E-state index contributed by atoms with van der Waals surface area (Å²) in [4.78, 5) is 13.4. The summed E-state index contributed by atoms with van der Waals surface area (Å²) >= 11 is 12.3. The van der Waals surface area contributed by atoms with Crippen molar-refractivity contribution in [1.29, 1.82) is 0 Å². The molecule has 0 heterocycles. The number of carbonyl (C=O) groups is 1. The van der Waals surface area contributed by atoms with Gasteiger partial charge >= 0.3 is 0 Å². The van der Waals surface area contributed by atoms with Gasteiger partial charge in [0.25, 0.3) is 15.9 Å². The number of hydrogen-bond donors (Lipinski definition) is 1. The van der Waals surface area contributed by atoms with Crippen LogP contribution in [-0.4, -0.2) is 14.3 Å². The molecule has 0 saturated heterocycles. The summed E-state index contributed by atoms with van der Waals surface area (Å²) in [7, 11) is -4.01. The van der Waals surface area contributed by atoms with Gasteiger partial charge in [-0.3, -0.25) is 9.10 Å². The van der Waals surface area contributed by atoms with Crippen LogP contribution in [0.25, 0.3) is 0 Å². The second kappa shape index (κ2) is 11.2. The highest BCUT2D eigenvalue weighted by Crippen LogP contribution is 2.30. The lowest BCUT2D eigenvalue weighted by Gasteiger charge is -2.27. The average Bonchev–Trinajstić information content (AvgIpc) is 2.88. The Bertz CT molecular complexity index is 1470. The van der Waals surface area contributed by atoms with Crippen molar-refractivity contribution < 1.29 is 13.2 Å². The fraction of sp³-hybridized carbons (Fsp3) is 0.107. The summed E-state index contributed by atoms with van der Waals surface area (Å²) in [5.74, 6) is -0.411. The van der Waals surface area contributed by atoms with Crippen LogP contribution < -0.4 is 9.62 Å². The summed E-state index contributed by atoms with van der Waals surface area (Å²) in [5.41, 5.74) is 2.92. The third-order valence-electron chi connectivity index (χ3n) is 5.66. The minimum atomic E-state index is -4.01. The zero-order valence-electron chi connectivity index (χ0n) is 19.5. The van der Waals surface area contributed by atoms with Crippen LogP contribution in [0.1, 0.15) is 27.0 Å². The molecule has 4 rings (SSSR count). The number of benzene rings is 4.